The third-order valence-electron chi connectivity index (χ3n) is 2.49. The molecule has 0 unspecified atom stereocenters. The Kier molecular flexibility index (Phi) is 2.31. The molecule has 1 nitrogen and oxygen atoms in total. The van der Waals surface area contributed by atoms with Gasteiger partial charge in [-0.1, -0.05) is 12.5 Å². The molecule has 0 radical (unpaired) electrons. The van der Waals surface area contributed by atoms with Crippen LogP contribution in [0.4, 0.5) is 0 Å². The maximum Gasteiger partial charge on any atom is 0.0647 e. The van der Waals surface area contributed by atoms with E-state index >= 15 is 0 Å². The molecule has 1 aromatic rings. The molecule has 0 N–H and O–H groups in total. The second-order valence-electron chi connectivity index (χ2n) is 3.32. The van der Waals surface area contributed by atoms with Gasteiger partial charge in [-0.3, -0.25) is 4.98 Å². The Bertz CT molecular complexity index is 268. The molecule has 0 amide bonds. The van der Waals surface area contributed by atoms with E-state index in [1.54, 1.807) is 0 Å². The number of halogens is 1. The van der Waals surface area contributed by atoms with Gasteiger partial charge >= 0.3 is 0 Å². The lowest BCUT2D eigenvalue weighted by molar-refractivity contribution is 0.410. The molecule has 1 fully saturated rings. The molecular formula is C10H12ClN. The summed E-state index contributed by atoms with van der Waals surface area (Å²) in [6.45, 7) is 0. The smallest absolute Gasteiger partial charge is 0.0647 e. The summed E-state index contributed by atoms with van der Waals surface area (Å²) < 4.78 is 0. The lowest BCUT2D eigenvalue weighted by atomic mass is 9.83. The Morgan fingerprint density at radius 1 is 1.42 bits per heavy atom. The maximum absolute atomic E-state index is 5.70. The van der Waals surface area contributed by atoms with E-state index in [1.807, 2.05) is 6.07 Å². The fraction of sp³-hybridized carbons (Fsp3) is 0.500. The van der Waals surface area contributed by atoms with Gasteiger partial charge in [-0.2, -0.15) is 0 Å². The number of nitrogens with zero attached hydrogens (tertiary/aromatic N) is 1. The van der Waals surface area contributed by atoms with E-state index in [4.69, 9.17) is 11.6 Å². The lowest BCUT2D eigenvalue weighted by Gasteiger charge is -2.24. The Hall–Kier alpha value is -0.560. The minimum absolute atomic E-state index is 0.528. The summed E-state index contributed by atoms with van der Waals surface area (Å²) >= 11 is 5.70. The highest BCUT2D eigenvalue weighted by molar-refractivity contribution is 6.16. The summed E-state index contributed by atoms with van der Waals surface area (Å²) in [6, 6.07) is 6.15. The van der Waals surface area contributed by atoms with E-state index < -0.39 is 0 Å². The Labute approximate surface area is 77.8 Å². The highest BCUT2D eigenvalue weighted by Gasteiger charge is 2.20. The second-order valence-corrected chi connectivity index (χ2v) is 3.58. The third-order valence-corrected chi connectivity index (χ3v) is 2.76. The monoisotopic (exact) mass is 181 g/mol. The molecule has 1 heterocycles. The zero-order chi connectivity index (χ0) is 8.39. The first-order valence-electron chi connectivity index (χ1n) is 4.42. The molecule has 1 aromatic heterocycles. The van der Waals surface area contributed by atoms with Crippen molar-refractivity contribution in [3.05, 3.63) is 29.6 Å². The summed E-state index contributed by atoms with van der Waals surface area (Å²) in [5, 5.41) is 0. The van der Waals surface area contributed by atoms with Crippen molar-refractivity contribution in [1.29, 1.82) is 0 Å². The highest BCUT2D eigenvalue weighted by Crippen LogP contribution is 2.35. The van der Waals surface area contributed by atoms with E-state index in [0.717, 1.165) is 5.69 Å². The molecular weight excluding hydrogens is 170 g/mol. The first-order chi connectivity index (χ1) is 5.90. The van der Waals surface area contributed by atoms with Crippen molar-refractivity contribution in [2.24, 2.45) is 0 Å². The maximum atomic E-state index is 5.70. The van der Waals surface area contributed by atoms with E-state index in [0.29, 0.717) is 11.8 Å². The number of alkyl halides is 1. The normalized spacial score (nSPS) is 17.4. The average Bonchev–Trinajstić information content (AvgIpc) is 2.02. The van der Waals surface area contributed by atoms with Gasteiger partial charge in [-0.15, -0.1) is 11.6 Å². The molecule has 1 aliphatic carbocycles. The van der Waals surface area contributed by atoms with Crippen molar-refractivity contribution in [2.75, 3.05) is 0 Å². The van der Waals surface area contributed by atoms with Crippen LogP contribution in [-0.2, 0) is 5.88 Å². The molecule has 0 aliphatic heterocycles. The van der Waals surface area contributed by atoms with Gasteiger partial charge in [-0.25, -0.2) is 0 Å². The van der Waals surface area contributed by atoms with Crippen LogP contribution in [0.15, 0.2) is 18.2 Å². The van der Waals surface area contributed by atoms with Gasteiger partial charge in [0.2, 0.25) is 0 Å². The van der Waals surface area contributed by atoms with Crippen LogP contribution in [0.25, 0.3) is 0 Å². The molecule has 0 saturated heterocycles. The molecule has 0 spiro atoms. The standard InChI is InChI=1S/C10H12ClN/c11-7-9-5-2-6-10(12-9)8-3-1-4-8/h2,5-6,8H,1,3-4,7H2. The number of hydrogen-bond donors (Lipinski definition) is 0. The van der Waals surface area contributed by atoms with E-state index in [9.17, 15) is 0 Å². The van der Waals surface area contributed by atoms with Crippen LogP contribution in [0.3, 0.4) is 0 Å². The quantitative estimate of drug-likeness (QED) is 0.639. The van der Waals surface area contributed by atoms with Crippen LogP contribution in [0.1, 0.15) is 36.6 Å². The number of rotatable bonds is 2. The van der Waals surface area contributed by atoms with Gasteiger partial charge in [-0.05, 0) is 25.0 Å². The second kappa shape index (κ2) is 3.44. The van der Waals surface area contributed by atoms with Gasteiger partial charge < -0.3 is 0 Å². The van der Waals surface area contributed by atoms with Gasteiger partial charge in [0.05, 0.1) is 11.6 Å². The largest absolute Gasteiger partial charge is 0.256 e. The predicted octanol–water partition coefficient (Wildman–Crippen LogP) is 3.09. The van der Waals surface area contributed by atoms with Gasteiger partial charge in [0.1, 0.15) is 0 Å². The van der Waals surface area contributed by atoms with Gasteiger partial charge in [0.25, 0.3) is 0 Å². The minimum Gasteiger partial charge on any atom is -0.256 e. The molecule has 2 heteroatoms. The molecule has 0 aromatic carbocycles. The summed E-state index contributed by atoms with van der Waals surface area (Å²) in [5.74, 6) is 1.24. The summed E-state index contributed by atoms with van der Waals surface area (Å²) in [7, 11) is 0. The summed E-state index contributed by atoms with van der Waals surface area (Å²) in [5.41, 5.74) is 2.24. The van der Waals surface area contributed by atoms with Gasteiger partial charge in [0.15, 0.2) is 0 Å². The predicted molar refractivity (Wildman–Crippen MR) is 50.4 cm³/mol. The zero-order valence-electron chi connectivity index (χ0n) is 6.96. The van der Waals surface area contributed by atoms with E-state index in [2.05, 4.69) is 17.1 Å². The zero-order valence-corrected chi connectivity index (χ0v) is 7.72. The molecule has 12 heavy (non-hydrogen) atoms. The molecule has 1 aliphatic rings. The van der Waals surface area contributed by atoms with Crippen molar-refractivity contribution in [3.8, 4) is 0 Å². The third kappa shape index (κ3) is 1.46. The number of pyridine rings is 1. The summed E-state index contributed by atoms with van der Waals surface area (Å²) in [4.78, 5) is 4.48. The van der Waals surface area contributed by atoms with E-state index in [-0.39, 0.29) is 0 Å². The van der Waals surface area contributed by atoms with Crippen LogP contribution in [0.2, 0.25) is 0 Å². The number of aromatic nitrogens is 1. The van der Waals surface area contributed by atoms with Crippen molar-refractivity contribution < 1.29 is 0 Å². The van der Waals surface area contributed by atoms with Crippen LogP contribution in [0.5, 0.6) is 0 Å². The molecule has 0 bridgehead atoms. The first kappa shape index (κ1) is 8.06. The molecule has 2 rings (SSSR count). The van der Waals surface area contributed by atoms with Crippen LogP contribution >= 0.6 is 11.6 Å². The Balaban J connectivity index is 2.19. The topological polar surface area (TPSA) is 12.9 Å². The average molecular weight is 182 g/mol. The van der Waals surface area contributed by atoms with Crippen molar-refractivity contribution in [3.63, 3.8) is 0 Å². The van der Waals surface area contributed by atoms with Gasteiger partial charge in [0, 0.05) is 11.6 Å². The first-order valence-corrected chi connectivity index (χ1v) is 4.95. The SMILES string of the molecule is ClCc1cccc(C2CCC2)n1. The van der Waals surface area contributed by atoms with Crippen molar-refractivity contribution in [1.82, 2.24) is 4.98 Å². The van der Waals surface area contributed by atoms with Crippen molar-refractivity contribution >= 4 is 11.6 Å². The lowest BCUT2D eigenvalue weighted by Crippen LogP contribution is -2.10. The Morgan fingerprint density at radius 3 is 2.83 bits per heavy atom. The molecule has 0 atom stereocenters. The van der Waals surface area contributed by atoms with Crippen LogP contribution in [-0.4, -0.2) is 4.98 Å². The fourth-order valence-electron chi connectivity index (χ4n) is 1.50. The Morgan fingerprint density at radius 2 is 2.25 bits per heavy atom. The summed E-state index contributed by atoms with van der Waals surface area (Å²) in [6.07, 6.45) is 3.97. The molecule has 1 saturated carbocycles. The van der Waals surface area contributed by atoms with Crippen LogP contribution in [0, 0.1) is 0 Å². The fourth-order valence-corrected chi connectivity index (χ4v) is 1.65. The van der Waals surface area contributed by atoms with E-state index in [1.165, 1.54) is 25.0 Å². The minimum atomic E-state index is 0.528. The molecule has 64 valence electrons. The van der Waals surface area contributed by atoms with Crippen LogP contribution < -0.4 is 0 Å². The number of hydrogen-bond acceptors (Lipinski definition) is 1. The highest BCUT2D eigenvalue weighted by atomic mass is 35.5. The van der Waals surface area contributed by atoms with Crippen molar-refractivity contribution in [2.45, 2.75) is 31.1 Å².